The summed E-state index contributed by atoms with van der Waals surface area (Å²) in [5.74, 6) is -0.0550. The van der Waals surface area contributed by atoms with Gasteiger partial charge in [-0.2, -0.15) is 0 Å². The van der Waals surface area contributed by atoms with Crippen LogP contribution in [0.4, 0.5) is 4.79 Å². The van der Waals surface area contributed by atoms with Gasteiger partial charge >= 0.3 is 12.0 Å². The van der Waals surface area contributed by atoms with Crippen LogP contribution in [-0.4, -0.2) is 29.2 Å². The van der Waals surface area contributed by atoms with Crippen LogP contribution >= 0.6 is 0 Å². The lowest BCUT2D eigenvalue weighted by atomic mass is 9.83. The lowest BCUT2D eigenvalue weighted by molar-refractivity contribution is -0.137. The molecule has 0 atom stereocenters. The molecule has 104 valence electrons. The number of carbonyl (C=O) groups is 2. The van der Waals surface area contributed by atoms with Gasteiger partial charge in [0.15, 0.2) is 0 Å². The molecule has 1 fully saturated rings. The van der Waals surface area contributed by atoms with Gasteiger partial charge in [-0.05, 0) is 32.6 Å². The molecule has 0 saturated heterocycles. The fourth-order valence-electron chi connectivity index (χ4n) is 2.00. The van der Waals surface area contributed by atoms with Crippen molar-refractivity contribution in [1.29, 1.82) is 0 Å². The second-order valence-electron chi connectivity index (χ2n) is 5.74. The summed E-state index contributed by atoms with van der Waals surface area (Å²) >= 11 is 0. The molecule has 0 aliphatic heterocycles. The molecule has 0 aromatic heterocycles. The summed E-state index contributed by atoms with van der Waals surface area (Å²) in [5.41, 5.74) is -0.487. The summed E-state index contributed by atoms with van der Waals surface area (Å²) in [6.45, 7) is 4.37. The molecule has 1 rings (SSSR count). The monoisotopic (exact) mass is 256 g/mol. The highest BCUT2D eigenvalue weighted by Gasteiger charge is 2.22. The smallest absolute Gasteiger partial charge is 0.315 e. The molecule has 0 heterocycles. The van der Waals surface area contributed by atoms with Crippen LogP contribution < -0.4 is 10.6 Å². The Morgan fingerprint density at radius 2 is 2.00 bits per heavy atom. The highest BCUT2D eigenvalue weighted by molar-refractivity contribution is 5.74. The van der Waals surface area contributed by atoms with Crippen molar-refractivity contribution in [3.05, 3.63) is 0 Å². The van der Waals surface area contributed by atoms with E-state index in [1.807, 2.05) is 13.8 Å². The predicted molar refractivity (Wildman–Crippen MR) is 69.4 cm³/mol. The minimum Gasteiger partial charge on any atom is -0.481 e. The van der Waals surface area contributed by atoms with Crippen LogP contribution in [0.1, 0.15) is 52.4 Å². The third kappa shape index (κ3) is 5.89. The molecule has 0 radical (unpaired) electrons. The third-order valence-electron chi connectivity index (χ3n) is 3.48. The molecule has 0 aromatic rings. The minimum atomic E-state index is -0.838. The maximum atomic E-state index is 11.6. The molecule has 1 aliphatic carbocycles. The van der Waals surface area contributed by atoms with Crippen molar-refractivity contribution in [1.82, 2.24) is 10.6 Å². The lowest BCUT2D eigenvalue weighted by Gasteiger charge is -2.27. The molecular weight excluding hydrogens is 232 g/mol. The highest BCUT2D eigenvalue weighted by Crippen LogP contribution is 2.28. The number of aliphatic carboxylic acids is 1. The molecule has 0 spiro atoms. The van der Waals surface area contributed by atoms with Crippen molar-refractivity contribution in [3.8, 4) is 0 Å². The van der Waals surface area contributed by atoms with Crippen LogP contribution in [0.3, 0.4) is 0 Å². The zero-order chi connectivity index (χ0) is 13.6. The van der Waals surface area contributed by atoms with E-state index >= 15 is 0 Å². The quantitative estimate of drug-likeness (QED) is 0.653. The Labute approximate surface area is 108 Å². The van der Waals surface area contributed by atoms with Crippen LogP contribution in [0, 0.1) is 5.92 Å². The number of nitrogens with one attached hydrogen (secondary N) is 2. The van der Waals surface area contributed by atoms with E-state index in [0.717, 1.165) is 12.3 Å². The van der Waals surface area contributed by atoms with E-state index in [1.54, 1.807) is 0 Å². The van der Waals surface area contributed by atoms with E-state index in [2.05, 4.69) is 10.6 Å². The van der Waals surface area contributed by atoms with Crippen molar-refractivity contribution in [3.63, 3.8) is 0 Å². The van der Waals surface area contributed by atoms with E-state index in [1.165, 1.54) is 19.3 Å². The Morgan fingerprint density at radius 1 is 1.33 bits per heavy atom. The van der Waals surface area contributed by atoms with Crippen molar-refractivity contribution in [2.24, 2.45) is 5.92 Å². The fourth-order valence-corrected chi connectivity index (χ4v) is 2.00. The Morgan fingerprint density at radius 3 is 2.50 bits per heavy atom. The zero-order valence-corrected chi connectivity index (χ0v) is 11.3. The van der Waals surface area contributed by atoms with Crippen molar-refractivity contribution in [2.45, 2.75) is 57.9 Å². The summed E-state index contributed by atoms with van der Waals surface area (Å²) in [6, 6.07) is -0.204. The lowest BCUT2D eigenvalue weighted by Crippen LogP contribution is -2.48. The third-order valence-corrected chi connectivity index (χ3v) is 3.48. The number of hydrogen-bond donors (Lipinski definition) is 3. The van der Waals surface area contributed by atoms with Gasteiger partial charge in [0.25, 0.3) is 0 Å². The van der Waals surface area contributed by atoms with E-state index < -0.39 is 11.5 Å². The number of rotatable bonds is 7. The second-order valence-corrected chi connectivity index (χ2v) is 5.74. The molecule has 3 N–H and O–H groups in total. The maximum absolute atomic E-state index is 11.6. The number of carboxylic acids is 1. The fraction of sp³-hybridized carbons (Fsp3) is 0.846. The molecule has 1 saturated carbocycles. The summed E-state index contributed by atoms with van der Waals surface area (Å²) in [7, 11) is 0. The first-order chi connectivity index (χ1) is 8.39. The average molecular weight is 256 g/mol. The highest BCUT2D eigenvalue weighted by atomic mass is 16.4. The zero-order valence-electron chi connectivity index (χ0n) is 11.3. The molecular formula is C13H24N2O3. The molecule has 0 bridgehead atoms. The Bertz CT molecular complexity index is 299. The first kappa shape index (κ1) is 14.8. The first-order valence-corrected chi connectivity index (χ1v) is 6.67. The Balaban J connectivity index is 2.14. The first-order valence-electron chi connectivity index (χ1n) is 6.67. The van der Waals surface area contributed by atoms with Crippen LogP contribution in [0.5, 0.6) is 0 Å². The van der Waals surface area contributed by atoms with E-state index in [-0.39, 0.29) is 12.5 Å². The predicted octanol–water partition coefficient (Wildman–Crippen LogP) is 2.12. The molecule has 18 heavy (non-hydrogen) atoms. The Kier molecular flexibility index (Phi) is 5.44. The normalized spacial score (nSPS) is 15.9. The summed E-state index contributed by atoms with van der Waals surface area (Å²) in [6.07, 6.45) is 5.43. The number of carbonyl (C=O) groups excluding carboxylic acids is 1. The van der Waals surface area contributed by atoms with Gasteiger partial charge in [-0.3, -0.25) is 4.79 Å². The molecule has 0 aromatic carbocycles. The van der Waals surface area contributed by atoms with Gasteiger partial charge in [-0.25, -0.2) is 4.79 Å². The molecule has 5 heteroatoms. The maximum Gasteiger partial charge on any atom is 0.315 e. The molecule has 5 nitrogen and oxygen atoms in total. The SMILES string of the molecule is CC(C)(CCC(=O)O)NC(=O)NCCC1CCC1. The molecule has 0 unspecified atom stereocenters. The number of urea groups is 1. The van der Waals surface area contributed by atoms with Crippen LogP contribution in [-0.2, 0) is 4.79 Å². The molecule has 2 amide bonds. The second kappa shape index (κ2) is 6.61. The van der Waals surface area contributed by atoms with Crippen molar-refractivity contribution >= 4 is 12.0 Å². The van der Waals surface area contributed by atoms with Gasteiger partial charge in [-0.1, -0.05) is 19.3 Å². The van der Waals surface area contributed by atoms with E-state index in [9.17, 15) is 9.59 Å². The molecule has 1 aliphatic rings. The van der Waals surface area contributed by atoms with Crippen molar-refractivity contribution < 1.29 is 14.7 Å². The van der Waals surface area contributed by atoms with Gasteiger partial charge in [0, 0.05) is 18.5 Å². The standard InChI is InChI=1S/C13H24N2O3/c1-13(2,8-6-11(16)17)15-12(18)14-9-7-10-4-3-5-10/h10H,3-9H2,1-2H3,(H,16,17)(H2,14,15,18). The number of amides is 2. The van der Waals surface area contributed by atoms with Crippen LogP contribution in [0.15, 0.2) is 0 Å². The van der Waals surface area contributed by atoms with Gasteiger partial charge in [-0.15, -0.1) is 0 Å². The average Bonchev–Trinajstić information content (AvgIpc) is 2.18. The van der Waals surface area contributed by atoms with Gasteiger partial charge in [0.2, 0.25) is 0 Å². The summed E-state index contributed by atoms with van der Waals surface area (Å²) in [5, 5.41) is 14.3. The number of carboxylic acid groups (broad SMARTS) is 1. The van der Waals surface area contributed by atoms with Crippen LogP contribution in [0.25, 0.3) is 0 Å². The minimum absolute atomic E-state index is 0.0648. The van der Waals surface area contributed by atoms with Crippen LogP contribution in [0.2, 0.25) is 0 Å². The van der Waals surface area contributed by atoms with Crippen molar-refractivity contribution in [2.75, 3.05) is 6.54 Å². The summed E-state index contributed by atoms with van der Waals surface area (Å²) in [4.78, 5) is 22.1. The van der Waals surface area contributed by atoms with Gasteiger partial charge in [0.05, 0.1) is 0 Å². The Hall–Kier alpha value is -1.26. The van der Waals surface area contributed by atoms with E-state index in [4.69, 9.17) is 5.11 Å². The van der Waals surface area contributed by atoms with E-state index in [0.29, 0.717) is 13.0 Å². The summed E-state index contributed by atoms with van der Waals surface area (Å²) < 4.78 is 0. The largest absolute Gasteiger partial charge is 0.481 e. The van der Waals surface area contributed by atoms with Gasteiger partial charge in [0.1, 0.15) is 0 Å². The topological polar surface area (TPSA) is 78.4 Å². The van der Waals surface area contributed by atoms with Gasteiger partial charge < -0.3 is 15.7 Å². The number of hydrogen-bond acceptors (Lipinski definition) is 2.